The molecule has 0 unspecified atom stereocenters. The molecule has 0 radical (unpaired) electrons. The van der Waals surface area contributed by atoms with Gasteiger partial charge < -0.3 is 10.2 Å². The summed E-state index contributed by atoms with van der Waals surface area (Å²) >= 11 is 0. The minimum Gasteiger partial charge on any atom is -0.342 e. The monoisotopic (exact) mass is 200 g/mol. The van der Waals surface area contributed by atoms with E-state index in [4.69, 9.17) is 0 Å². The average molecular weight is 200 g/mol. The summed E-state index contributed by atoms with van der Waals surface area (Å²) < 4.78 is 0. The van der Waals surface area contributed by atoms with Crippen LogP contribution in [0.2, 0.25) is 0 Å². The molecule has 0 heterocycles. The Kier molecular flexibility index (Phi) is 6.54. The zero-order valence-electron chi connectivity index (χ0n) is 10.1. The minimum atomic E-state index is 0.173. The highest BCUT2D eigenvalue weighted by Crippen LogP contribution is 1.97. The van der Waals surface area contributed by atoms with Gasteiger partial charge in [0.05, 0.1) is 6.54 Å². The molecule has 1 amide bonds. The second-order valence-corrected chi connectivity index (χ2v) is 3.99. The molecular weight excluding hydrogens is 176 g/mol. The molecule has 0 bridgehead atoms. The van der Waals surface area contributed by atoms with Crippen molar-refractivity contribution in [1.82, 2.24) is 10.2 Å². The summed E-state index contributed by atoms with van der Waals surface area (Å²) in [6.45, 7) is 8.78. The van der Waals surface area contributed by atoms with E-state index < -0.39 is 0 Å². The third-order valence-corrected chi connectivity index (χ3v) is 2.70. The normalized spacial score (nSPS) is 11.1. The Morgan fingerprint density at radius 2 is 1.79 bits per heavy atom. The molecule has 0 atom stereocenters. The number of rotatable bonds is 6. The standard InChI is InChI=1S/C11H24N2O/c1-6-10(7-2)12-8-11(14)13(5)9(3)4/h9-10,12H,6-8H2,1-5H3. The van der Waals surface area contributed by atoms with E-state index in [0.29, 0.717) is 12.6 Å². The number of likely N-dealkylation sites (N-methyl/N-ethyl adjacent to an activating group) is 1. The highest BCUT2D eigenvalue weighted by Gasteiger charge is 2.12. The van der Waals surface area contributed by atoms with Gasteiger partial charge in [0.15, 0.2) is 0 Å². The lowest BCUT2D eigenvalue weighted by molar-refractivity contribution is -0.130. The number of carbonyl (C=O) groups is 1. The summed E-state index contributed by atoms with van der Waals surface area (Å²) in [4.78, 5) is 13.4. The predicted octanol–water partition coefficient (Wildman–Crippen LogP) is 1.63. The fourth-order valence-electron chi connectivity index (χ4n) is 1.22. The van der Waals surface area contributed by atoms with Crippen LogP contribution >= 0.6 is 0 Å². The van der Waals surface area contributed by atoms with Crippen LogP contribution in [0.5, 0.6) is 0 Å². The smallest absolute Gasteiger partial charge is 0.236 e. The number of carbonyl (C=O) groups excluding carboxylic acids is 1. The van der Waals surface area contributed by atoms with Crippen molar-refractivity contribution in [3.63, 3.8) is 0 Å². The molecule has 3 heteroatoms. The molecule has 0 spiro atoms. The highest BCUT2D eigenvalue weighted by molar-refractivity contribution is 5.78. The van der Waals surface area contributed by atoms with E-state index in [1.807, 2.05) is 20.9 Å². The van der Waals surface area contributed by atoms with Crippen molar-refractivity contribution in [2.24, 2.45) is 0 Å². The molecule has 0 saturated carbocycles. The Morgan fingerprint density at radius 1 is 1.29 bits per heavy atom. The summed E-state index contributed by atoms with van der Waals surface area (Å²) in [5.41, 5.74) is 0. The van der Waals surface area contributed by atoms with Crippen LogP contribution in [-0.4, -0.2) is 36.5 Å². The maximum absolute atomic E-state index is 11.6. The second-order valence-electron chi connectivity index (χ2n) is 3.99. The van der Waals surface area contributed by atoms with E-state index in [1.54, 1.807) is 4.90 Å². The van der Waals surface area contributed by atoms with Crippen molar-refractivity contribution in [3.05, 3.63) is 0 Å². The molecule has 0 aromatic rings. The van der Waals surface area contributed by atoms with Crippen LogP contribution < -0.4 is 5.32 Å². The maximum atomic E-state index is 11.6. The second kappa shape index (κ2) is 6.82. The van der Waals surface area contributed by atoms with Gasteiger partial charge in [-0.05, 0) is 26.7 Å². The molecule has 0 aromatic heterocycles. The lowest BCUT2D eigenvalue weighted by Crippen LogP contribution is -2.42. The Labute approximate surface area is 87.9 Å². The van der Waals surface area contributed by atoms with Crippen molar-refractivity contribution in [2.45, 2.75) is 52.6 Å². The molecule has 0 saturated heterocycles. The zero-order valence-corrected chi connectivity index (χ0v) is 10.1. The first-order valence-electron chi connectivity index (χ1n) is 5.51. The number of amides is 1. The molecule has 0 aliphatic heterocycles. The first-order chi connectivity index (χ1) is 6.52. The average Bonchev–Trinajstić information content (AvgIpc) is 2.17. The van der Waals surface area contributed by atoms with Crippen LogP contribution in [0.25, 0.3) is 0 Å². The molecule has 0 rings (SSSR count). The van der Waals surface area contributed by atoms with Crippen LogP contribution in [0, 0.1) is 0 Å². The van der Waals surface area contributed by atoms with E-state index in [9.17, 15) is 4.79 Å². The summed E-state index contributed by atoms with van der Waals surface area (Å²) in [5.74, 6) is 0.173. The fraction of sp³-hybridized carbons (Fsp3) is 0.909. The largest absolute Gasteiger partial charge is 0.342 e. The molecule has 0 fully saturated rings. The lowest BCUT2D eigenvalue weighted by Gasteiger charge is -2.23. The summed E-state index contributed by atoms with van der Waals surface area (Å²) in [5, 5.41) is 3.26. The quantitative estimate of drug-likeness (QED) is 0.707. The van der Waals surface area contributed by atoms with E-state index >= 15 is 0 Å². The first kappa shape index (κ1) is 13.4. The third-order valence-electron chi connectivity index (χ3n) is 2.70. The van der Waals surface area contributed by atoms with Gasteiger partial charge in [-0.1, -0.05) is 13.8 Å². The third kappa shape index (κ3) is 4.61. The van der Waals surface area contributed by atoms with E-state index in [1.165, 1.54) is 0 Å². The number of hydrogen-bond acceptors (Lipinski definition) is 2. The maximum Gasteiger partial charge on any atom is 0.236 e. The van der Waals surface area contributed by atoms with Crippen molar-refractivity contribution in [2.75, 3.05) is 13.6 Å². The van der Waals surface area contributed by atoms with Crippen molar-refractivity contribution in [1.29, 1.82) is 0 Å². The Hall–Kier alpha value is -0.570. The van der Waals surface area contributed by atoms with E-state index in [-0.39, 0.29) is 11.9 Å². The highest BCUT2D eigenvalue weighted by atomic mass is 16.2. The Bertz CT molecular complexity index is 165. The minimum absolute atomic E-state index is 0.173. The summed E-state index contributed by atoms with van der Waals surface area (Å²) in [6.07, 6.45) is 2.16. The van der Waals surface area contributed by atoms with Crippen molar-refractivity contribution < 1.29 is 4.79 Å². The van der Waals surface area contributed by atoms with Crippen LogP contribution in [0.1, 0.15) is 40.5 Å². The van der Waals surface area contributed by atoms with Gasteiger partial charge in [-0.15, -0.1) is 0 Å². The lowest BCUT2D eigenvalue weighted by atomic mass is 10.2. The molecule has 0 aliphatic rings. The van der Waals surface area contributed by atoms with Gasteiger partial charge in [-0.2, -0.15) is 0 Å². The van der Waals surface area contributed by atoms with Crippen LogP contribution in [-0.2, 0) is 4.79 Å². The molecule has 84 valence electrons. The SMILES string of the molecule is CCC(CC)NCC(=O)N(C)C(C)C. The van der Waals surface area contributed by atoms with Crippen molar-refractivity contribution in [3.8, 4) is 0 Å². The predicted molar refractivity (Wildman–Crippen MR) is 60.3 cm³/mol. The van der Waals surface area contributed by atoms with Gasteiger partial charge in [-0.25, -0.2) is 0 Å². The topological polar surface area (TPSA) is 32.3 Å². The van der Waals surface area contributed by atoms with Crippen molar-refractivity contribution >= 4 is 5.91 Å². The van der Waals surface area contributed by atoms with Gasteiger partial charge in [0.25, 0.3) is 0 Å². The Balaban J connectivity index is 3.83. The number of nitrogens with one attached hydrogen (secondary N) is 1. The molecule has 1 N–H and O–H groups in total. The van der Waals surface area contributed by atoms with Gasteiger partial charge in [-0.3, -0.25) is 4.79 Å². The van der Waals surface area contributed by atoms with E-state index in [2.05, 4.69) is 19.2 Å². The van der Waals surface area contributed by atoms with Gasteiger partial charge in [0, 0.05) is 19.1 Å². The molecule has 0 aromatic carbocycles. The first-order valence-corrected chi connectivity index (χ1v) is 5.51. The zero-order chi connectivity index (χ0) is 11.1. The Morgan fingerprint density at radius 3 is 2.14 bits per heavy atom. The van der Waals surface area contributed by atoms with Gasteiger partial charge in [0.2, 0.25) is 5.91 Å². The molecular formula is C11H24N2O. The molecule has 0 aliphatic carbocycles. The van der Waals surface area contributed by atoms with Crippen LogP contribution in [0.15, 0.2) is 0 Å². The number of hydrogen-bond donors (Lipinski definition) is 1. The van der Waals surface area contributed by atoms with Crippen LogP contribution in [0.3, 0.4) is 0 Å². The van der Waals surface area contributed by atoms with Gasteiger partial charge >= 0.3 is 0 Å². The molecule has 14 heavy (non-hydrogen) atoms. The summed E-state index contributed by atoms with van der Waals surface area (Å²) in [6, 6.07) is 0.755. The fourth-order valence-corrected chi connectivity index (χ4v) is 1.22. The van der Waals surface area contributed by atoms with Crippen LogP contribution in [0.4, 0.5) is 0 Å². The number of nitrogens with zero attached hydrogens (tertiary/aromatic N) is 1. The molecule has 3 nitrogen and oxygen atoms in total. The van der Waals surface area contributed by atoms with Gasteiger partial charge in [0.1, 0.15) is 0 Å². The summed E-state index contributed by atoms with van der Waals surface area (Å²) in [7, 11) is 1.85. The van der Waals surface area contributed by atoms with E-state index in [0.717, 1.165) is 12.8 Å².